The molecule has 1 amide bonds. The molecule has 31 heavy (non-hydrogen) atoms. The standard InChI is InChI=1S/C20H30FN3O6S/c1-14(2)11-30-19-4-3-16(10-18(19)21)23-5-7-24(8-6-23)31(27,28)17-9-15(12-29-13-17)20(25)22-26/h3-4,10,14-15,17,26H,5-9,11-13H2,1-2H3,(H,22,25). The number of rotatable bonds is 7. The van der Waals surface area contributed by atoms with Crippen molar-refractivity contribution >= 4 is 21.6 Å². The SMILES string of the molecule is CC(C)COc1ccc(N2CCN(S(=O)(=O)C3COCC(C(=O)NO)C3)CC2)cc1F. The van der Waals surface area contributed by atoms with Gasteiger partial charge in [-0.1, -0.05) is 13.8 Å². The molecule has 2 fully saturated rings. The van der Waals surface area contributed by atoms with E-state index < -0.39 is 32.9 Å². The number of nitrogens with one attached hydrogen (secondary N) is 1. The highest BCUT2D eigenvalue weighted by atomic mass is 32.2. The summed E-state index contributed by atoms with van der Waals surface area (Å²) < 4.78 is 52.6. The molecule has 0 bridgehead atoms. The zero-order valence-corrected chi connectivity index (χ0v) is 18.6. The molecule has 1 aromatic rings. The highest BCUT2D eigenvalue weighted by molar-refractivity contribution is 7.89. The van der Waals surface area contributed by atoms with Crippen LogP contribution in [-0.2, 0) is 19.6 Å². The molecule has 9 nitrogen and oxygen atoms in total. The van der Waals surface area contributed by atoms with Gasteiger partial charge in [0.15, 0.2) is 11.6 Å². The van der Waals surface area contributed by atoms with Crippen molar-refractivity contribution in [1.82, 2.24) is 9.79 Å². The van der Waals surface area contributed by atoms with Crippen LogP contribution in [0.15, 0.2) is 18.2 Å². The van der Waals surface area contributed by atoms with Crippen molar-refractivity contribution < 1.29 is 32.3 Å². The van der Waals surface area contributed by atoms with Crippen LogP contribution in [0.25, 0.3) is 0 Å². The third kappa shape index (κ3) is 5.65. The molecule has 1 aromatic carbocycles. The van der Waals surface area contributed by atoms with Gasteiger partial charge in [0.1, 0.15) is 0 Å². The first-order chi connectivity index (χ1) is 14.7. The molecule has 2 unspecified atom stereocenters. The Morgan fingerprint density at radius 3 is 2.61 bits per heavy atom. The lowest BCUT2D eigenvalue weighted by Gasteiger charge is -2.38. The molecule has 0 aromatic heterocycles. The fourth-order valence-electron chi connectivity index (χ4n) is 3.75. The van der Waals surface area contributed by atoms with E-state index in [-0.39, 0.29) is 44.4 Å². The minimum atomic E-state index is -3.67. The molecule has 3 rings (SSSR count). The van der Waals surface area contributed by atoms with Crippen molar-refractivity contribution in [3.63, 3.8) is 0 Å². The number of halogens is 1. The van der Waals surface area contributed by atoms with Gasteiger partial charge in [-0.25, -0.2) is 18.3 Å². The van der Waals surface area contributed by atoms with Crippen LogP contribution in [-0.4, -0.2) is 75.1 Å². The third-order valence-electron chi connectivity index (χ3n) is 5.52. The van der Waals surface area contributed by atoms with Crippen LogP contribution >= 0.6 is 0 Å². The highest BCUT2D eigenvalue weighted by Crippen LogP contribution is 2.27. The number of hydrogen-bond donors (Lipinski definition) is 2. The van der Waals surface area contributed by atoms with Crippen LogP contribution in [0.5, 0.6) is 5.75 Å². The van der Waals surface area contributed by atoms with Gasteiger partial charge in [-0.2, -0.15) is 4.31 Å². The van der Waals surface area contributed by atoms with E-state index in [1.165, 1.54) is 10.4 Å². The Bertz CT molecular complexity index is 874. The molecule has 2 atom stereocenters. The summed E-state index contributed by atoms with van der Waals surface area (Å²) in [5.74, 6) is -1.30. The maximum Gasteiger partial charge on any atom is 0.248 e. The van der Waals surface area contributed by atoms with Gasteiger partial charge in [0.25, 0.3) is 0 Å². The normalized spacial score (nSPS) is 23.1. The first-order valence-corrected chi connectivity index (χ1v) is 11.9. The zero-order chi connectivity index (χ0) is 22.6. The number of piperazine rings is 1. The lowest BCUT2D eigenvalue weighted by molar-refractivity contribution is -0.137. The number of ether oxygens (including phenoxy) is 2. The molecular formula is C20H30FN3O6S. The van der Waals surface area contributed by atoms with Crippen LogP contribution in [0.2, 0.25) is 0 Å². The first-order valence-electron chi connectivity index (χ1n) is 10.4. The molecule has 174 valence electrons. The minimum Gasteiger partial charge on any atom is -0.490 e. The Morgan fingerprint density at radius 1 is 1.29 bits per heavy atom. The highest BCUT2D eigenvalue weighted by Gasteiger charge is 2.39. The number of hydrogen-bond acceptors (Lipinski definition) is 7. The van der Waals surface area contributed by atoms with Gasteiger partial charge in [-0.3, -0.25) is 10.0 Å². The topological polar surface area (TPSA) is 108 Å². The second-order valence-electron chi connectivity index (χ2n) is 8.32. The van der Waals surface area contributed by atoms with Crippen molar-refractivity contribution in [2.75, 3.05) is 50.9 Å². The smallest absolute Gasteiger partial charge is 0.248 e. The van der Waals surface area contributed by atoms with Gasteiger partial charge in [-0.15, -0.1) is 0 Å². The van der Waals surface area contributed by atoms with Crippen LogP contribution in [0.1, 0.15) is 20.3 Å². The molecule has 0 aliphatic carbocycles. The van der Waals surface area contributed by atoms with Gasteiger partial charge in [0.2, 0.25) is 15.9 Å². The summed E-state index contributed by atoms with van der Waals surface area (Å²) in [6.07, 6.45) is 0.0952. The van der Waals surface area contributed by atoms with Crippen LogP contribution in [0.4, 0.5) is 10.1 Å². The summed E-state index contributed by atoms with van der Waals surface area (Å²) in [5, 5.41) is 7.96. The molecule has 2 heterocycles. The van der Waals surface area contributed by atoms with E-state index >= 15 is 0 Å². The van der Waals surface area contributed by atoms with Gasteiger partial charge in [-0.05, 0) is 24.5 Å². The van der Waals surface area contributed by atoms with E-state index in [1.807, 2.05) is 18.7 Å². The number of benzene rings is 1. The number of amides is 1. The fourth-order valence-corrected chi connectivity index (χ4v) is 5.59. The number of nitrogens with zero attached hydrogens (tertiary/aromatic N) is 2. The minimum absolute atomic E-state index is 0.0147. The predicted octanol–water partition coefficient (Wildman–Crippen LogP) is 1.22. The van der Waals surface area contributed by atoms with E-state index in [4.69, 9.17) is 14.7 Å². The Balaban J connectivity index is 1.60. The molecule has 2 aliphatic rings. The molecule has 2 saturated heterocycles. The van der Waals surface area contributed by atoms with Gasteiger partial charge in [0, 0.05) is 37.9 Å². The van der Waals surface area contributed by atoms with E-state index in [9.17, 15) is 17.6 Å². The molecule has 2 aliphatic heterocycles. The number of sulfonamides is 1. The van der Waals surface area contributed by atoms with Gasteiger partial charge < -0.3 is 14.4 Å². The number of carbonyl (C=O) groups is 1. The molecule has 2 N–H and O–H groups in total. The van der Waals surface area contributed by atoms with Crippen LogP contribution in [0.3, 0.4) is 0 Å². The maximum absolute atomic E-state index is 14.4. The Labute approximate surface area is 182 Å². The molecule has 11 heteroatoms. The Kier molecular flexibility index (Phi) is 7.73. The summed E-state index contributed by atoms with van der Waals surface area (Å²) in [4.78, 5) is 13.6. The summed E-state index contributed by atoms with van der Waals surface area (Å²) in [5.41, 5.74) is 2.23. The van der Waals surface area contributed by atoms with Crippen molar-refractivity contribution in [3.8, 4) is 5.75 Å². The molecular weight excluding hydrogens is 429 g/mol. The molecule has 0 spiro atoms. The zero-order valence-electron chi connectivity index (χ0n) is 17.8. The monoisotopic (exact) mass is 459 g/mol. The van der Waals surface area contributed by atoms with E-state index in [0.29, 0.717) is 25.4 Å². The van der Waals surface area contributed by atoms with Crippen molar-refractivity contribution in [1.29, 1.82) is 0 Å². The predicted molar refractivity (Wildman–Crippen MR) is 112 cm³/mol. The number of carbonyl (C=O) groups excluding carboxylic acids is 1. The van der Waals surface area contributed by atoms with Crippen LogP contribution in [0, 0.1) is 17.7 Å². The number of anilines is 1. The number of hydroxylamine groups is 1. The third-order valence-corrected chi connectivity index (χ3v) is 7.78. The molecule has 0 radical (unpaired) electrons. The quantitative estimate of drug-likeness (QED) is 0.466. The lowest BCUT2D eigenvalue weighted by atomic mass is 10.0. The van der Waals surface area contributed by atoms with Crippen molar-refractivity contribution in [3.05, 3.63) is 24.0 Å². The maximum atomic E-state index is 14.4. The lowest BCUT2D eigenvalue weighted by Crippen LogP contribution is -2.53. The average Bonchev–Trinajstić information content (AvgIpc) is 2.77. The first kappa shape index (κ1) is 23.7. The van der Waals surface area contributed by atoms with E-state index in [0.717, 1.165) is 0 Å². The second-order valence-corrected chi connectivity index (χ2v) is 10.5. The Hall–Kier alpha value is -1.95. The molecule has 0 saturated carbocycles. The van der Waals surface area contributed by atoms with Crippen LogP contribution < -0.4 is 15.1 Å². The van der Waals surface area contributed by atoms with Crippen molar-refractivity contribution in [2.45, 2.75) is 25.5 Å². The fraction of sp³-hybridized carbons (Fsp3) is 0.650. The summed E-state index contributed by atoms with van der Waals surface area (Å²) in [7, 11) is -3.67. The summed E-state index contributed by atoms with van der Waals surface area (Å²) >= 11 is 0. The van der Waals surface area contributed by atoms with E-state index in [1.54, 1.807) is 17.6 Å². The largest absolute Gasteiger partial charge is 0.490 e. The average molecular weight is 460 g/mol. The van der Waals surface area contributed by atoms with E-state index in [2.05, 4.69) is 0 Å². The van der Waals surface area contributed by atoms with Crippen molar-refractivity contribution in [2.24, 2.45) is 11.8 Å². The van der Waals surface area contributed by atoms with Gasteiger partial charge >= 0.3 is 0 Å². The second kappa shape index (κ2) is 10.1. The summed E-state index contributed by atoms with van der Waals surface area (Å²) in [6.45, 7) is 5.83. The van der Waals surface area contributed by atoms with Gasteiger partial charge in [0.05, 0.1) is 31.0 Å². The summed E-state index contributed by atoms with van der Waals surface area (Å²) in [6, 6.07) is 4.78. The Morgan fingerprint density at radius 2 is 2.00 bits per heavy atom.